The Bertz CT molecular complexity index is 921. The second kappa shape index (κ2) is 6.09. The largest absolute Gasteiger partial charge is 0.497 e. The van der Waals surface area contributed by atoms with E-state index in [-0.39, 0.29) is 6.04 Å². The Labute approximate surface area is 147 Å². The van der Waals surface area contributed by atoms with Crippen LogP contribution in [0.1, 0.15) is 17.2 Å². The molecule has 2 heterocycles. The highest BCUT2D eigenvalue weighted by molar-refractivity contribution is 9.10. The van der Waals surface area contributed by atoms with Crippen molar-refractivity contribution >= 4 is 27.6 Å². The Balaban J connectivity index is 1.81. The number of fused-ring (bicyclic) bond motifs is 1. The van der Waals surface area contributed by atoms with Crippen LogP contribution in [0.2, 0.25) is 0 Å². The number of methoxy groups -OCH3 is 1. The van der Waals surface area contributed by atoms with Gasteiger partial charge in [-0.2, -0.15) is 4.68 Å². The van der Waals surface area contributed by atoms with Crippen LogP contribution in [0.25, 0.3) is 5.70 Å². The van der Waals surface area contributed by atoms with E-state index in [0.29, 0.717) is 5.95 Å². The van der Waals surface area contributed by atoms with E-state index < -0.39 is 0 Å². The van der Waals surface area contributed by atoms with E-state index in [1.807, 2.05) is 36.4 Å². The predicted molar refractivity (Wildman–Crippen MR) is 94.7 cm³/mol. The van der Waals surface area contributed by atoms with E-state index in [0.717, 1.165) is 27.0 Å². The molecule has 2 aromatic carbocycles. The molecule has 3 aromatic rings. The number of nitrogens with zero attached hydrogens (tertiary/aromatic N) is 4. The summed E-state index contributed by atoms with van der Waals surface area (Å²) in [5.74, 6) is 1.42. The molecule has 7 heteroatoms. The average Bonchev–Trinajstić information content (AvgIpc) is 3.09. The number of halogens is 1. The highest BCUT2D eigenvalue weighted by Gasteiger charge is 2.24. The van der Waals surface area contributed by atoms with Gasteiger partial charge in [0.05, 0.1) is 7.11 Å². The number of hydrogen-bond acceptors (Lipinski definition) is 5. The molecule has 24 heavy (non-hydrogen) atoms. The topological polar surface area (TPSA) is 64.9 Å². The summed E-state index contributed by atoms with van der Waals surface area (Å²) < 4.78 is 8.11. The maximum Gasteiger partial charge on any atom is 0.248 e. The minimum absolute atomic E-state index is 0.0880. The number of tetrazole rings is 1. The van der Waals surface area contributed by atoms with Gasteiger partial charge in [-0.05, 0) is 46.3 Å². The second-order valence-electron chi connectivity index (χ2n) is 5.38. The first-order valence-electron chi connectivity index (χ1n) is 7.41. The van der Waals surface area contributed by atoms with Gasteiger partial charge in [0.25, 0.3) is 0 Å². The molecule has 120 valence electrons. The second-order valence-corrected chi connectivity index (χ2v) is 6.30. The number of anilines is 1. The minimum Gasteiger partial charge on any atom is -0.497 e. The molecule has 0 saturated heterocycles. The fourth-order valence-corrected chi connectivity index (χ4v) is 3.16. The molecule has 0 amide bonds. The normalized spacial score (nSPS) is 16.1. The van der Waals surface area contributed by atoms with Crippen LogP contribution in [0.3, 0.4) is 0 Å². The maximum absolute atomic E-state index is 5.32. The number of aromatic nitrogens is 4. The van der Waals surface area contributed by atoms with Crippen molar-refractivity contribution in [1.29, 1.82) is 0 Å². The van der Waals surface area contributed by atoms with Crippen LogP contribution in [-0.4, -0.2) is 27.3 Å². The molecule has 0 bridgehead atoms. The zero-order valence-corrected chi connectivity index (χ0v) is 14.4. The van der Waals surface area contributed by atoms with Gasteiger partial charge in [0.15, 0.2) is 0 Å². The molecular weight excluding hydrogens is 370 g/mol. The molecule has 1 aliphatic rings. The van der Waals surface area contributed by atoms with Crippen molar-refractivity contribution in [3.05, 3.63) is 70.2 Å². The molecule has 1 atom stereocenters. The number of allylic oxidation sites excluding steroid dienone is 1. The molecule has 0 aliphatic carbocycles. The Morgan fingerprint density at radius 3 is 2.88 bits per heavy atom. The van der Waals surface area contributed by atoms with Gasteiger partial charge in [-0.15, -0.1) is 0 Å². The van der Waals surface area contributed by atoms with Crippen LogP contribution < -0.4 is 10.1 Å². The van der Waals surface area contributed by atoms with Gasteiger partial charge in [0.2, 0.25) is 5.95 Å². The highest BCUT2D eigenvalue weighted by Crippen LogP contribution is 2.33. The van der Waals surface area contributed by atoms with Crippen molar-refractivity contribution in [2.24, 2.45) is 0 Å². The van der Waals surface area contributed by atoms with Gasteiger partial charge >= 0.3 is 0 Å². The first-order chi connectivity index (χ1) is 11.7. The molecule has 1 N–H and O–H groups in total. The lowest BCUT2D eigenvalue weighted by Crippen LogP contribution is -2.20. The third kappa shape index (κ3) is 2.67. The third-order valence-corrected chi connectivity index (χ3v) is 4.39. The van der Waals surface area contributed by atoms with Crippen LogP contribution >= 0.6 is 15.9 Å². The van der Waals surface area contributed by atoms with Gasteiger partial charge in [-0.25, -0.2) is 0 Å². The molecule has 1 aliphatic heterocycles. The number of hydrogen-bond donors (Lipinski definition) is 1. The summed E-state index contributed by atoms with van der Waals surface area (Å²) in [5.41, 5.74) is 3.06. The lowest BCUT2D eigenvalue weighted by molar-refractivity contribution is 0.414. The lowest BCUT2D eigenvalue weighted by Gasteiger charge is -2.23. The quantitative estimate of drug-likeness (QED) is 0.749. The maximum atomic E-state index is 5.32. The van der Waals surface area contributed by atoms with Crippen LogP contribution in [0.5, 0.6) is 5.75 Å². The van der Waals surface area contributed by atoms with E-state index in [4.69, 9.17) is 4.74 Å². The van der Waals surface area contributed by atoms with Crippen LogP contribution in [0.15, 0.2) is 59.1 Å². The molecule has 0 spiro atoms. The summed E-state index contributed by atoms with van der Waals surface area (Å²) in [6.07, 6.45) is 2.11. The monoisotopic (exact) mass is 383 g/mol. The van der Waals surface area contributed by atoms with Gasteiger partial charge in [-0.3, -0.25) is 0 Å². The van der Waals surface area contributed by atoms with Crippen molar-refractivity contribution in [3.63, 3.8) is 0 Å². The summed E-state index contributed by atoms with van der Waals surface area (Å²) in [6.45, 7) is 0. The van der Waals surface area contributed by atoms with E-state index >= 15 is 0 Å². The fourth-order valence-electron chi connectivity index (χ4n) is 2.74. The summed E-state index contributed by atoms with van der Waals surface area (Å²) in [6, 6.07) is 15.9. The van der Waals surface area contributed by atoms with E-state index in [1.165, 1.54) is 0 Å². The SMILES string of the molecule is COc1cccc(C2=C[C@H](c3cccc(Br)c3)n3nnnc3N2)c1. The standard InChI is InChI=1S/C17H14BrN5O/c1-24-14-7-3-4-11(9-14)15-10-16(12-5-2-6-13(18)8-12)23-17(19-15)20-21-22-23/h2-10,16H,1H3,(H,19,20,22)/t16-/m1/s1. The Kier molecular flexibility index (Phi) is 3.78. The highest BCUT2D eigenvalue weighted by atomic mass is 79.9. The molecule has 1 aromatic heterocycles. The van der Waals surface area contributed by atoms with Gasteiger partial charge in [-0.1, -0.05) is 45.3 Å². The molecular formula is C17H14BrN5O. The van der Waals surface area contributed by atoms with Crippen LogP contribution in [-0.2, 0) is 0 Å². The number of benzene rings is 2. The van der Waals surface area contributed by atoms with Crippen molar-refractivity contribution < 1.29 is 4.74 Å². The van der Waals surface area contributed by atoms with Crippen molar-refractivity contribution in [2.75, 3.05) is 12.4 Å². The third-order valence-electron chi connectivity index (χ3n) is 3.90. The van der Waals surface area contributed by atoms with E-state index in [2.05, 4.69) is 55.0 Å². The first-order valence-corrected chi connectivity index (χ1v) is 8.20. The van der Waals surface area contributed by atoms with Crippen LogP contribution in [0, 0.1) is 0 Å². The zero-order chi connectivity index (χ0) is 16.5. The van der Waals surface area contributed by atoms with E-state index in [9.17, 15) is 0 Å². The lowest BCUT2D eigenvalue weighted by atomic mass is 10.0. The number of rotatable bonds is 3. The summed E-state index contributed by atoms with van der Waals surface area (Å²) in [5, 5.41) is 15.3. The molecule has 6 nitrogen and oxygen atoms in total. The number of ether oxygens (including phenoxy) is 1. The number of nitrogens with one attached hydrogen (secondary N) is 1. The minimum atomic E-state index is -0.0880. The molecule has 0 fully saturated rings. The van der Waals surface area contributed by atoms with Crippen molar-refractivity contribution in [1.82, 2.24) is 20.2 Å². The van der Waals surface area contributed by atoms with Crippen molar-refractivity contribution in [3.8, 4) is 5.75 Å². The summed E-state index contributed by atoms with van der Waals surface area (Å²) >= 11 is 3.52. The van der Waals surface area contributed by atoms with Gasteiger partial charge in [0, 0.05) is 15.7 Å². The van der Waals surface area contributed by atoms with Gasteiger partial charge < -0.3 is 10.1 Å². The average molecular weight is 384 g/mol. The molecule has 0 saturated carbocycles. The molecule has 0 radical (unpaired) electrons. The Hall–Kier alpha value is -2.67. The Morgan fingerprint density at radius 1 is 1.17 bits per heavy atom. The first kappa shape index (κ1) is 14.9. The zero-order valence-electron chi connectivity index (χ0n) is 12.8. The van der Waals surface area contributed by atoms with E-state index in [1.54, 1.807) is 11.8 Å². The fraction of sp³-hybridized carbons (Fsp3) is 0.118. The van der Waals surface area contributed by atoms with Gasteiger partial charge in [0.1, 0.15) is 11.8 Å². The molecule has 0 unspecified atom stereocenters. The van der Waals surface area contributed by atoms with Crippen LogP contribution in [0.4, 0.5) is 5.95 Å². The Morgan fingerprint density at radius 2 is 2.04 bits per heavy atom. The predicted octanol–water partition coefficient (Wildman–Crippen LogP) is 3.50. The summed E-state index contributed by atoms with van der Waals surface area (Å²) in [4.78, 5) is 0. The molecule has 4 rings (SSSR count). The summed E-state index contributed by atoms with van der Waals surface area (Å²) in [7, 11) is 1.66. The smallest absolute Gasteiger partial charge is 0.248 e. The van der Waals surface area contributed by atoms with Crippen molar-refractivity contribution in [2.45, 2.75) is 6.04 Å².